The largest absolute Gasteiger partial charge is 0.461 e. The Morgan fingerprint density at radius 1 is 1.33 bits per heavy atom. The first-order valence-corrected chi connectivity index (χ1v) is 6.37. The number of carbonyl (C=O) groups is 1. The van der Waals surface area contributed by atoms with Crippen molar-refractivity contribution in [2.45, 2.75) is 26.2 Å². The highest BCUT2D eigenvalue weighted by Gasteiger charge is 2.09. The van der Waals surface area contributed by atoms with Crippen LogP contribution in [0.1, 0.15) is 24.2 Å². The van der Waals surface area contributed by atoms with Crippen molar-refractivity contribution in [2.24, 2.45) is 0 Å². The van der Waals surface area contributed by atoms with Crippen LogP contribution in [0.3, 0.4) is 0 Å². The molecule has 0 saturated heterocycles. The quantitative estimate of drug-likeness (QED) is 0.589. The Bertz CT molecular complexity index is 543. The number of furan rings is 1. The molecule has 0 unspecified atom stereocenters. The number of unbranched alkanes of at least 4 members (excludes halogenated alkanes) is 1. The molecular formula is C15H15ClO2. The Labute approximate surface area is 112 Å². The minimum absolute atomic E-state index is 0.576. The van der Waals surface area contributed by atoms with Crippen molar-refractivity contribution >= 4 is 17.9 Å². The highest BCUT2D eigenvalue weighted by atomic mass is 35.5. The van der Waals surface area contributed by atoms with Gasteiger partial charge in [-0.25, -0.2) is 0 Å². The van der Waals surface area contributed by atoms with Crippen molar-refractivity contribution in [3.8, 4) is 11.3 Å². The van der Waals surface area contributed by atoms with Gasteiger partial charge in [0.15, 0.2) is 0 Å². The first-order chi connectivity index (χ1) is 8.70. The second-order valence-corrected chi connectivity index (χ2v) is 4.72. The van der Waals surface area contributed by atoms with E-state index < -0.39 is 0 Å². The van der Waals surface area contributed by atoms with Gasteiger partial charge < -0.3 is 9.21 Å². The van der Waals surface area contributed by atoms with Crippen molar-refractivity contribution in [1.29, 1.82) is 0 Å². The van der Waals surface area contributed by atoms with Gasteiger partial charge in [-0.2, -0.15) is 0 Å². The van der Waals surface area contributed by atoms with Crippen LogP contribution in [0, 0.1) is 6.92 Å². The molecule has 1 heterocycles. The maximum Gasteiger partial charge on any atom is 0.134 e. The fraction of sp³-hybridized carbons (Fsp3) is 0.267. The number of hydrogen-bond donors (Lipinski definition) is 0. The third-order valence-electron chi connectivity index (χ3n) is 2.86. The summed E-state index contributed by atoms with van der Waals surface area (Å²) in [5.41, 5.74) is 2.10. The molecule has 0 spiro atoms. The van der Waals surface area contributed by atoms with E-state index >= 15 is 0 Å². The third kappa shape index (κ3) is 3.02. The molecule has 2 nitrogen and oxygen atoms in total. The lowest BCUT2D eigenvalue weighted by Gasteiger charge is -1.98. The van der Waals surface area contributed by atoms with Crippen molar-refractivity contribution < 1.29 is 9.21 Å². The van der Waals surface area contributed by atoms with Gasteiger partial charge in [0.2, 0.25) is 0 Å². The van der Waals surface area contributed by atoms with E-state index in [-0.39, 0.29) is 0 Å². The van der Waals surface area contributed by atoms with Crippen molar-refractivity contribution in [1.82, 2.24) is 0 Å². The fourth-order valence-electron chi connectivity index (χ4n) is 1.90. The standard InChI is InChI=1S/C15H15ClO2/c1-11-9-15(12-5-4-6-13(16)10-12)18-14(11)7-2-3-8-17/h4-6,8-10H,2-3,7H2,1H3. The summed E-state index contributed by atoms with van der Waals surface area (Å²) in [6.07, 6.45) is 3.14. The van der Waals surface area contributed by atoms with Gasteiger partial charge in [0.25, 0.3) is 0 Å². The van der Waals surface area contributed by atoms with Crippen LogP contribution in [0.15, 0.2) is 34.7 Å². The Morgan fingerprint density at radius 3 is 2.89 bits per heavy atom. The van der Waals surface area contributed by atoms with Gasteiger partial charge in [0.1, 0.15) is 17.8 Å². The third-order valence-corrected chi connectivity index (χ3v) is 3.09. The van der Waals surface area contributed by atoms with Crippen molar-refractivity contribution in [3.63, 3.8) is 0 Å². The summed E-state index contributed by atoms with van der Waals surface area (Å²) in [7, 11) is 0. The maximum atomic E-state index is 10.3. The number of halogens is 1. The minimum Gasteiger partial charge on any atom is -0.461 e. The SMILES string of the molecule is Cc1cc(-c2cccc(Cl)c2)oc1CCCC=O. The molecule has 0 N–H and O–H groups in total. The second-order valence-electron chi connectivity index (χ2n) is 4.29. The van der Waals surface area contributed by atoms with Gasteiger partial charge >= 0.3 is 0 Å². The lowest BCUT2D eigenvalue weighted by atomic mass is 10.1. The molecule has 18 heavy (non-hydrogen) atoms. The lowest BCUT2D eigenvalue weighted by Crippen LogP contribution is -1.85. The van der Waals surface area contributed by atoms with Gasteiger partial charge in [-0.15, -0.1) is 0 Å². The van der Waals surface area contributed by atoms with Gasteiger partial charge in [0, 0.05) is 23.4 Å². The highest BCUT2D eigenvalue weighted by molar-refractivity contribution is 6.30. The number of rotatable bonds is 5. The average molecular weight is 263 g/mol. The number of hydrogen-bond acceptors (Lipinski definition) is 2. The topological polar surface area (TPSA) is 30.2 Å². The van der Waals surface area contributed by atoms with E-state index in [0.29, 0.717) is 11.4 Å². The van der Waals surface area contributed by atoms with E-state index in [0.717, 1.165) is 41.8 Å². The first-order valence-electron chi connectivity index (χ1n) is 5.99. The van der Waals surface area contributed by atoms with Crippen LogP contribution in [0.5, 0.6) is 0 Å². The molecule has 0 fully saturated rings. The molecule has 3 heteroatoms. The van der Waals surface area contributed by atoms with Crippen LogP contribution in [-0.2, 0) is 11.2 Å². The summed E-state index contributed by atoms with van der Waals surface area (Å²) in [4.78, 5) is 10.3. The predicted molar refractivity (Wildman–Crippen MR) is 72.9 cm³/mol. The second kappa shape index (κ2) is 5.87. The highest BCUT2D eigenvalue weighted by Crippen LogP contribution is 2.27. The number of aldehydes is 1. The molecule has 2 rings (SSSR count). The zero-order valence-corrected chi connectivity index (χ0v) is 11.0. The van der Waals surface area contributed by atoms with E-state index in [2.05, 4.69) is 0 Å². The molecule has 1 aromatic carbocycles. The maximum absolute atomic E-state index is 10.3. The molecular weight excluding hydrogens is 248 g/mol. The number of aryl methyl sites for hydroxylation is 2. The summed E-state index contributed by atoms with van der Waals surface area (Å²) in [6, 6.07) is 9.61. The van der Waals surface area contributed by atoms with Crippen LogP contribution in [0.4, 0.5) is 0 Å². The average Bonchev–Trinajstić information content (AvgIpc) is 2.72. The summed E-state index contributed by atoms with van der Waals surface area (Å²) < 4.78 is 5.83. The Hall–Kier alpha value is -1.54. The van der Waals surface area contributed by atoms with Crippen LogP contribution >= 0.6 is 11.6 Å². The lowest BCUT2D eigenvalue weighted by molar-refractivity contribution is -0.107. The fourth-order valence-corrected chi connectivity index (χ4v) is 2.09. The van der Waals surface area contributed by atoms with Gasteiger partial charge in [-0.3, -0.25) is 0 Å². The summed E-state index contributed by atoms with van der Waals surface area (Å²) in [6.45, 7) is 2.02. The molecule has 0 aliphatic heterocycles. The predicted octanol–water partition coefficient (Wildman–Crippen LogP) is 4.43. The Balaban J connectivity index is 2.20. The zero-order valence-electron chi connectivity index (χ0n) is 10.3. The van der Waals surface area contributed by atoms with E-state index in [9.17, 15) is 4.79 Å². The van der Waals surface area contributed by atoms with Crippen LogP contribution in [0.25, 0.3) is 11.3 Å². The Kier molecular flexibility index (Phi) is 4.21. The van der Waals surface area contributed by atoms with E-state index in [1.807, 2.05) is 37.3 Å². The molecule has 0 aliphatic carbocycles. The van der Waals surface area contributed by atoms with Crippen molar-refractivity contribution in [3.05, 3.63) is 46.7 Å². The molecule has 0 aliphatic rings. The van der Waals surface area contributed by atoms with E-state index in [1.165, 1.54) is 0 Å². The normalized spacial score (nSPS) is 10.6. The zero-order chi connectivity index (χ0) is 13.0. The molecule has 0 amide bonds. The molecule has 0 radical (unpaired) electrons. The van der Waals surface area contributed by atoms with Gasteiger partial charge in [-0.05, 0) is 37.1 Å². The van der Waals surface area contributed by atoms with Crippen LogP contribution < -0.4 is 0 Å². The van der Waals surface area contributed by atoms with Gasteiger partial charge in [0.05, 0.1) is 0 Å². The van der Waals surface area contributed by atoms with Crippen LogP contribution in [-0.4, -0.2) is 6.29 Å². The molecule has 1 aromatic heterocycles. The van der Waals surface area contributed by atoms with Crippen LogP contribution in [0.2, 0.25) is 5.02 Å². The number of benzene rings is 1. The van der Waals surface area contributed by atoms with Crippen molar-refractivity contribution in [2.75, 3.05) is 0 Å². The molecule has 94 valence electrons. The minimum atomic E-state index is 0.576. The summed E-state index contributed by atoms with van der Waals surface area (Å²) in [5.74, 6) is 1.78. The summed E-state index contributed by atoms with van der Waals surface area (Å²) in [5, 5.41) is 0.698. The summed E-state index contributed by atoms with van der Waals surface area (Å²) >= 11 is 5.96. The molecule has 0 saturated carbocycles. The molecule has 0 bridgehead atoms. The smallest absolute Gasteiger partial charge is 0.134 e. The van der Waals surface area contributed by atoms with E-state index in [4.69, 9.17) is 16.0 Å². The number of carbonyl (C=O) groups excluding carboxylic acids is 1. The molecule has 0 atom stereocenters. The van der Waals surface area contributed by atoms with Gasteiger partial charge in [-0.1, -0.05) is 23.7 Å². The monoisotopic (exact) mass is 262 g/mol. The molecule has 2 aromatic rings. The van der Waals surface area contributed by atoms with E-state index in [1.54, 1.807) is 0 Å². The first kappa shape index (κ1) is 12.9. The Morgan fingerprint density at radius 2 is 2.17 bits per heavy atom.